The van der Waals surface area contributed by atoms with E-state index >= 15 is 0 Å². The SMILES string of the molecule is [C-]#[N+]c1nc(C)nc(N2CCc3c([nH]c4ccc(Cl)cc34)[C@@H]2c2cnc(N3CCOCC3)nc2)n1. The summed E-state index contributed by atoms with van der Waals surface area (Å²) in [6, 6.07) is 5.63. The average Bonchev–Trinajstić information content (AvgIpc) is 3.26. The summed E-state index contributed by atoms with van der Waals surface area (Å²) >= 11 is 6.33. The van der Waals surface area contributed by atoms with E-state index in [0.29, 0.717) is 42.5 Å². The summed E-state index contributed by atoms with van der Waals surface area (Å²) in [5.74, 6) is 1.75. The van der Waals surface area contributed by atoms with E-state index in [0.717, 1.165) is 41.7 Å². The molecule has 11 heteroatoms. The number of anilines is 2. The molecule has 4 aromatic rings. The van der Waals surface area contributed by atoms with Crippen molar-refractivity contribution in [2.75, 3.05) is 42.6 Å². The minimum absolute atomic E-state index is 0.0828. The number of benzene rings is 1. The molecule has 2 aliphatic rings. The fraction of sp³-hybridized carbons (Fsp3) is 0.333. The van der Waals surface area contributed by atoms with E-state index in [1.165, 1.54) is 5.56 Å². The van der Waals surface area contributed by atoms with E-state index in [2.05, 4.69) is 34.6 Å². The van der Waals surface area contributed by atoms with Crippen LogP contribution in [0.5, 0.6) is 0 Å². The highest BCUT2D eigenvalue weighted by Gasteiger charge is 2.35. The number of H-pyrrole nitrogens is 1. The van der Waals surface area contributed by atoms with Gasteiger partial charge in [0.05, 0.1) is 13.2 Å². The van der Waals surface area contributed by atoms with Gasteiger partial charge in [0.1, 0.15) is 6.04 Å². The van der Waals surface area contributed by atoms with Crippen LogP contribution in [0.2, 0.25) is 5.02 Å². The third-order valence-electron chi connectivity index (χ3n) is 6.44. The summed E-state index contributed by atoms with van der Waals surface area (Å²) in [6.07, 6.45) is 4.51. The Morgan fingerprint density at radius 3 is 2.66 bits per heavy atom. The van der Waals surface area contributed by atoms with Crippen LogP contribution in [0.1, 0.15) is 28.7 Å². The van der Waals surface area contributed by atoms with Crippen molar-refractivity contribution in [3.8, 4) is 0 Å². The molecule has 5 heterocycles. The zero-order valence-electron chi connectivity index (χ0n) is 19.1. The van der Waals surface area contributed by atoms with E-state index < -0.39 is 0 Å². The summed E-state index contributed by atoms with van der Waals surface area (Å²) in [5.41, 5.74) is 4.16. The van der Waals surface area contributed by atoms with Crippen molar-refractivity contribution in [2.24, 2.45) is 0 Å². The molecule has 0 amide bonds. The van der Waals surface area contributed by atoms with Crippen molar-refractivity contribution >= 4 is 40.3 Å². The first-order chi connectivity index (χ1) is 17.1. The van der Waals surface area contributed by atoms with Gasteiger partial charge in [-0.2, -0.15) is 4.98 Å². The number of hydrogen-bond acceptors (Lipinski definition) is 8. The summed E-state index contributed by atoms with van der Waals surface area (Å²) in [5, 5.41) is 1.81. The Kier molecular flexibility index (Phi) is 5.43. The topological polar surface area (TPSA) is 100 Å². The third-order valence-corrected chi connectivity index (χ3v) is 6.67. The van der Waals surface area contributed by atoms with E-state index in [4.69, 9.17) is 32.9 Å². The van der Waals surface area contributed by atoms with Crippen LogP contribution >= 0.6 is 11.6 Å². The number of ether oxygens (including phenoxy) is 1. The minimum Gasteiger partial charge on any atom is -0.394 e. The van der Waals surface area contributed by atoms with E-state index in [9.17, 15) is 0 Å². The van der Waals surface area contributed by atoms with Crippen molar-refractivity contribution in [3.05, 3.63) is 69.7 Å². The highest BCUT2D eigenvalue weighted by Crippen LogP contribution is 2.40. The molecule has 1 fully saturated rings. The van der Waals surface area contributed by atoms with Gasteiger partial charge >= 0.3 is 5.95 Å². The number of morpholine rings is 1. The maximum absolute atomic E-state index is 7.40. The first kappa shape index (κ1) is 21.7. The maximum atomic E-state index is 7.40. The van der Waals surface area contributed by atoms with Gasteiger partial charge in [0.25, 0.3) is 5.95 Å². The summed E-state index contributed by atoms with van der Waals surface area (Å²) < 4.78 is 5.45. The van der Waals surface area contributed by atoms with E-state index in [1.807, 2.05) is 30.6 Å². The number of aromatic amines is 1. The number of aromatic nitrogens is 6. The Hall–Kier alpha value is -3.81. The molecule has 0 bridgehead atoms. The van der Waals surface area contributed by atoms with Gasteiger partial charge in [-0.15, -0.1) is 16.5 Å². The normalized spacial score (nSPS) is 17.9. The highest BCUT2D eigenvalue weighted by atomic mass is 35.5. The molecule has 1 saturated heterocycles. The molecule has 10 nitrogen and oxygen atoms in total. The predicted octanol–water partition coefficient (Wildman–Crippen LogP) is 3.64. The van der Waals surface area contributed by atoms with E-state index in [-0.39, 0.29) is 12.0 Å². The number of fused-ring (bicyclic) bond motifs is 3. The van der Waals surface area contributed by atoms with Crippen LogP contribution in [0.4, 0.5) is 17.8 Å². The van der Waals surface area contributed by atoms with Crippen molar-refractivity contribution in [3.63, 3.8) is 0 Å². The van der Waals surface area contributed by atoms with Gasteiger partial charge < -0.3 is 24.4 Å². The van der Waals surface area contributed by atoms with Crippen LogP contribution in [0.3, 0.4) is 0 Å². The third kappa shape index (κ3) is 3.92. The molecular formula is C24H22ClN9O. The first-order valence-electron chi connectivity index (χ1n) is 11.4. The average molecular weight is 488 g/mol. The van der Waals surface area contributed by atoms with Gasteiger partial charge in [-0.3, -0.25) is 0 Å². The Morgan fingerprint density at radius 1 is 1.09 bits per heavy atom. The second-order valence-corrected chi connectivity index (χ2v) is 9.00. The molecular weight excluding hydrogens is 466 g/mol. The molecule has 0 saturated carbocycles. The summed E-state index contributed by atoms with van der Waals surface area (Å²) in [6.45, 7) is 12.7. The molecule has 3 aromatic heterocycles. The predicted molar refractivity (Wildman–Crippen MR) is 132 cm³/mol. The molecule has 6 rings (SSSR count). The maximum Gasteiger partial charge on any atom is 0.376 e. The summed E-state index contributed by atoms with van der Waals surface area (Å²) in [4.78, 5) is 33.8. The van der Waals surface area contributed by atoms with Crippen LogP contribution in [-0.4, -0.2) is 62.8 Å². The minimum atomic E-state index is -0.260. The molecule has 0 radical (unpaired) electrons. The molecule has 2 aliphatic heterocycles. The number of nitrogens with zero attached hydrogens (tertiary/aromatic N) is 8. The van der Waals surface area contributed by atoms with Crippen molar-refractivity contribution < 1.29 is 4.74 Å². The molecule has 0 spiro atoms. The van der Waals surface area contributed by atoms with Crippen molar-refractivity contribution in [1.29, 1.82) is 0 Å². The van der Waals surface area contributed by atoms with Gasteiger partial charge in [-0.25, -0.2) is 9.97 Å². The lowest BCUT2D eigenvalue weighted by molar-refractivity contribution is 0.122. The Labute approximate surface area is 206 Å². The van der Waals surface area contributed by atoms with Crippen LogP contribution in [0.15, 0.2) is 30.6 Å². The van der Waals surface area contributed by atoms with Crippen LogP contribution in [0.25, 0.3) is 15.7 Å². The Morgan fingerprint density at radius 2 is 1.89 bits per heavy atom. The number of nitrogens with one attached hydrogen (secondary N) is 1. The lowest BCUT2D eigenvalue weighted by atomic mass is 9.94. The quantitative estimate of drug-likeness (QED) is 0.437. The molecule has 35 heavy (non-hydrogen) atoms. The first-order valence-corrected chi connectivity index (χ1v) is 11.8. The van der Waals surface area contributed by atoms with Gasteiger partial charge in [-0.05, 0) is 30.2 Å². The van der Waals surface area contributed by atoms with Gasteiger partial charge in [-0.1, -0.05) is 11.6 Å². The van der Waals surface area contributed by atoms with E-state index in [1.54, 1.807) is 6.92 Å². The van der Waals surface area contributed by atoms with Crippen LogP contribution in [-0.2, 0) is 11.2 Å². The molecule has 176 valence electrons. The zero-order chi connectivity index (χ0) is 23.9. The second-order valence-electron chi connectivity index (χ2n) is 8.56. The largest absolute Gasteiger partial charge is 0.394 e. The monoisotopic (exact) mass is 487 g/mol. The van der Waals surface area contributed by atoms with Crippen molar-refractivity contribution in [1.82, 2.24) is 29.9 Å². The number of rotatable bonds is 3. The number of hydrogen-bond donors (Lipinski definition) is 1. The second kappa shape index (κ2) is 8.76. The lowest BCUT2D eigenvalue weighted by Crippen LogP contribution is -2.38. The highest BCUT2D eigenvalue weighted by molar-refractivity contribution is 6.31. The molecule has 1 aromatic carbocycles. The smallest absolute Gasteiger partial charge is 0.376 e. The fourth-order valence-electron chi connectivity index (χ4n) is 4.85. The van der Waals surface area contributed by atoms with Crippen LogP contribution < -0.4 is 9.80 Å². The molecule has 0 aliphatic carbocycles. The van der Waals surface area contributed by atoms with Crippen molar-refractivity contribution in [2.45, 2.75) is 19.4 Å². The van der Waals surface area contributed by atoms with Gasteiger partial charge in [0.2, 0.25) is 5.95 Å². The number of halogens is 1. The van der Waals surface area contributed by atoms with Gasteiger partial charge in [0, 0.05) is 66.1 Å². The molecule has 1 N–H and O–H groups in total. The Balaban J connectivity index is 1.47. The molecule has 1 atom stereocenters. The van der Waals surface area contributed by atoms with Gasteiger partial charge in [0.15, 0.2) is 5.82 Å². The molecule has 0 unspecified atom stereocenters. The number of aryl methyl sites for hydroxylation is 1. The zero-order valence-corrected chi connectivity index (χ0v) is 19.8. The van der Waals surface area contributed by atoms with Crippen LogP contribution in [0, 0.1) is 13.5 Å². The lowest BCUT2D eigenvalue weighted by Gasteiger charge is -2.35. The standard InChI is InChI=1S/C24H22ClN9O/c1-14-29-22(26-2)32-24(30-14)34-6-5-17-18-11-16(25)3-4-19(18)31-20(17)21(34)15-12-27-23(28-13-15)33-7-9-35-10-8-33/h3-4,11-13,21,31H,5-10H2,1H3/t21-/m0/s1. The Bertz CT molecular complexity index is 1440. The summed E-state index contributed by atoms with van der Waals surface area (Å²) in [7, 11) is 0. The fourth-order valence-corrected chi connectivity index (χ4v) is 5.03.